The summed E-state index contributed by atoms with van der Waals surface area (Å²) in [4.78, 5) is 0. The molecule has 2 aliphatic carbocycles. The minimum absolute atomic E-state index is 0.0201. The molecule has 2 saturated carbocycles. The third-order valence-electron chi connectivity index (χ3n) is 5.33. The Morgan fingerprint density at radius 1 is 1.24 bits per heavy atom. The van der Waals surface area contributed by atoms with Crippen molar-refractivity contribution in [3.05, 3.63) is 22.7 Å². The topological polar surface area (TPSA) is 44.5 Å². The number of ether oxygens (including phenoxy) is 2. The zero-order chi connectivity index (χ0) is 15.0. The van der Waals surface area contributed by atoms with Gasteiger partial charge in [0.2, 0.25) is 0 Å². The molecule has 2 N–H and O–H groups in total. The van der Waals surface area contributed by atoms with Gasteiger partial charge in [-0.15, -0.1) is 0 Å². The Hall–Kier alpha value is -0.930. The van der Waals surface area contributed by atoms with Crippen molar-refractivity contribution in [3.63, 3.8) is 0 Å². The first-order chi connectivity index (χ1) is 10.1. The summed E-state index contributed by atoms with van der Waals surface area (Å²) in [5.74, 6) is 3.88. The van der Waals surface area contributed by atoms with E-state index in [2.05, 4.69) is 0 Å². The van der Waals surface area contributed by atoms with Crippen molar-refractivity contribution >= 4 is 11.6 Å². The molecule has 0 heterocycles. The number of benzene rings is 1. The lowest BCUT2D eigenvalue weighted by atomic mass is 9.83. The summed E-state index contributed by atoms with van der Waals surface area (Å²) >= 11 is 6.28. The van der Waals surface area contributed by atoms with E-state index < -0.39 is 0 Å². The summed E-state index contributed by atoms with van der Waals surface area (Å²) in [6.07, 6.45) is 6.66. The molecular weight excluding hydrogens is 286 g/mol. The molecule has 21 heavy (non-hydrogen) atoms. The quantitative estimate of drug-likeness (QED) is 0.887. The van der Waals surface area contributed by atoms with Gasteiger partial charge in [-0.3, -0.25) is 0 Å². The number of hydrogen-bond acceptors (Lipinski definition) is 3. The number of halogens is 1. The van der Waals surface area contributed by atoms with Gasteiger partial charge < -0.3 is 15.2 Å². The number of fused-ring (bicyclic) bond motifs is 2. The normalized spacial score (nSPS) is 28.7. The lowest BCUT2D eigenvalue weighted by molar-refractivity contribution is 0.295. The van der Waals surface area contributed by atoms with E-state index in [4.69, 9.17) is 26.8 Å². The number of rotatable bonds is 5. The average Bonchev–Trinajstić information content (AvgIpc) is 3.08. The molecule has 0 aromatic heterocycles. The molecule has 116 valence electrons. The van der Waals surface area contributed by atoms with Crippen molar-refractivity contribution < 1.29 is 9.47 Å². The first kappa shape index (κ1) is 15.0. The van der Waals surface area contributed by atoms with Crippen molar-refractivity contribution in [2.24, 2.45) is 23.5 Å². The number of nitrogens with two attached hydrogens (primary N) is 1. The van der Waals surface area contributed by atoms with Crippen LogP contribution in [-0.4, -0.2) is 14.2 Å². The highest BCUT2D eigenvalue weighted by molar-refractivity contribution is 6.32. The standard InChI is InChI=1S/C17H24ClNO2/c1-20-16-9-13(7-14(18)17(16)21-2)15(19)8-12-6-10-3-4-11(12)5-10/h7,9-12,15H,3-6,8,19H2,1-2H3. The predicted octanol–water partition coefficient (Wildman–Crippen LogP) is 4.18. The third kappa shape index (κ3) is 2.86. The Kier molecular flexibility index (Phi) is 4.32. The highest BCUT2D eigenvalue weighted by atomic mass is 35.5. The molecule has 0 amide bonds. The van der Waals surface area contributed by atoms with E-state index in [1.807, 2.05) is 12.1 Å². The van der Waals surface area contributed by atoms with Gasteiger partial charge in [-0.1, -0.05) is 18.0 Å². The summed E-state index contributed by atoms with van der Waals surface area (Å²) < 4.78 is 10.6. The van der Waals surface area contributed by atoms with Crippen molar-refractivity contribution in [3.8, 4) is 11.5 Å². The van der Waals surface area contributed by atoms with E-state index in [0.717, 1.165) is 29.7 Å². The largest absolute Gasteiger partial charge is 0.493 e. The molecule has 2 fully saturated rings. The first-order valence-corrected chi connectivity index (χ1v) is 8.17. The third-order valence-corrected chi connectivity index (χ3v) is 5.61. The Morgan fingerprint density at radius 2 is 2.05 bits per heavy atom. The van der Waals surface area contributed by atoms with Gasteiger partial charge in [0.15, 0.2) is 11.5 Å². The van der Waals surface area contributed by atoms with Crippen LogP contribution in [0.2, 0.25) is 5.02 Å². The van der Waals surface area contributed by atoms with Crippen LogP contribution in [0.3, 0.4) is 0 Å². The SMILES string of the molecule is COc1cc(C(N)CC2CC3CCC2C3)cc(Cl)c1OC. The van der Waals surface area contributed by atoms with Gasteiger partial charge in [0.05, 0.1) is 19.2 Å². The predicted molar refractivity (Wildman–Crippen MR) is 85.0 cm³/mol. The summed E-state index contributed by atoms with van der Waals surface area (Å²) in [5.41, 5.74) is 7.48. The summed E-state index contributed by atoms with van der Waals surface area (Å²) in [6, 6.07) is 3.90. The fourth-order valence-electron chi connectivity index (χ4n) is 4.28. The monoisotopic (exact) mass is 309 g/mol. The van der Waals surface area contributed by atoms with Gasteiger partial charge in [0.1, 0.15) is 0 Å². The fourth-order valence-corrected chi connectivity index (χ4v) is 4.58. The second kappa shape index (κ2) is 6.05. The highest BCUT2D eigenvalue weighted by Crippen LogP contribution is 2.51. The van der Waals surface area contributed by atoms with Gasteiger partial charge in [-0.2, -0.15) is 0 Å². The molecule has 4 atom stereocenters. The van der Waals surface area contributed by atoms with E-state index >= 15 is 0 Å². The lowest BCUT2D eigenvalue weighted by Crippen LogP contribution is -2.19. The molecule has 0 aliphatic heterocycles. The maximum atomic E-state index is 6.44. The summed E-state index contributed by atoms with van der Waals surface area (Å²) in [5, 5.41) is 0.565. The molecule has 0 saturated heterocycles. The number of hydrogen-bond donors (Lipinski definition) is 1. The van der Waals surface area contributed by atoms with Crippen molar-refractivity contribution in [1.82, 2.24) is 0 Å². The summed E-state index contributed by atoms with van der Waals surface area (Å²) in [6.45, 7) is 0. The maximum absolute atomic E-state index is 6.44. The zero-order valence-electron chi connectivity index (χ0n) is 12.8. The Balaban J connectivity index is 1.75. The van der Waals surface area contributed by atoms with Crippen molar-refractivity contribution in [2.45, 2.75) is 38.1 Å². The van der Waals surface area contributed by atoms with Gasteiger partial charge in [-0.05, 0) is 61.1 Å². The Morgan fingerprint density at radius 3 is 2.62 bits per heavy atom. The van der Waals surface area contributed by atoms with E-state index in [-0.39, 0.29) is 6.04 Å². The van der Waals surface area contributed by atoms with Gasteiger partial charge in [-0.25, -0.2) is 0 Å². The van der Waals surface area contributed by atoms with Crippen molar-refractivity contribution in [2.75, 3.05) is 14.2 Å². The van der Waals surface area contributed by atoms with Crippen LogP contribution in [0.15, 0.2) is 12.1 Å². The number of methoxy groups -OCH3 is 2. The van der Waals surface area contributed by atoms with Crippen LogP contribution in [0, 0.1) is 17.8 Å². The smallest absolute Gasteiger partial charge is 0.179 e. The molecule has 2 aliphatic rings. The Bertz CT molecular complexity index is 520. The molecule has 0 radical (unpaired) electrons. The summed E-state index contributed by atoms with van der Waals surface area (Å²) in [7, 11) is 3.22. The molecule has 3 rings (SSSR count). The van der Waals surface area contributed by atoms with Gasteiger partial charge in [0, 0.05) is 6.04 Å². The highest BCUT2D eigenvalue weighted by Gasteiger charge is 2.39. The van der Waals surface area contributed by atoms with Gasteiger partial charge >= 0.3 is 0 Å². The molecule has 4 unspecified atom stereocenters. The molecule has 3 nitrogen and oxygen atoms in total. The minimum atomic E-state index is 0.0201. The second-order valence-electron chi connectivity index (χ2n) is 6.52. The average molecular weight is 310 g/mol. The second-order valence-corrected chi connectivity index (χ2v) is 6.92. The molecule has 4 heteroatoms. The van der Waals surface area contributed by atoms with Crippen LogP contribution in [-0.2, 0) is 0 Å². The molecule has 0 spiro atoms. The first-order valence-electron chi connectivity index (χ1n) is 7.79. The van der Waals surface area contributed by atoms with E-state index in [9.17, 15) is 0 Å². The minimum Gasteiger partial charge on any atom is -0.493 e. The van der Waals surface area contributed by atoms with Crippen molar-refractivity contribution in [1.29, 1.82) is 0 Å². The van der Waals surface area contributed by atoms with Crippen LogP contribution in [0.1, 0.15) is 43.7 Å². The molecule has 2 bridgehead atoms. The maximum Gasteiger partial charge on any atom is 0.179 e. The van der Waals surface area contributed by atoms with E-state index in [0.29, 0.717) is 16.5 Å². The van der Waals surface area contributed by atoms with Crippen LogP contribution < -0.4 is 15.2 Å². The molecular formula is C17H24ClNO2. The van der Waals surface area contributed by atoms with Crippen LogP contribution >= 0.6 is 11.6 Å². The van der Waals surface area contributed by atoms with Gasteiger partial charge in [0.25, 0.3) is 0 Å². The molecule has 1 aromatic rings. The van der Waals surface area contributed by atoms with Crippen LogP contribution in [0.5, 0.6) is 11.5 Å². The van der Waals surface area contributed by atoms with Crippen LogP contribution in [0.25, 0.3) is 0 Å². The lowest BCUT2D eigenvalue weighted by Gasteiger charge is -2.25. The zero-order valence-corrected chi connectivity index (χ0v) is 13.5. The van der Waals surface area contributed by atoms with E-state index in [1.165, 1.54) is 25.7 Å². The fraction of sp³-hybridized carbons (Fsp3) is 0.647. The van der Waals surface area contributed by atoms with Crippen LogP contribution in [0.4, 0.5) is 0 Å². The Labute approximate surface area is 131 Å². The molecule has 1 aromatic carbocycles. The van der Waals surface area contributed by atoms with E-state index in [1.54, 1.807) is 14.2 Å².